The van der Waals surface area contributed by atoms with Gasteiger partial charge in [0.05, 0.1) is 20.7 Å². The van der Waals surface area contributed by atoms with Crippen LogP contribution >= 0.6 is 46.1 Å². The van der Waals surface area contributed by atoms with Gasteiger partial charge in [-0.1, -0.05) is 230 Å². The topological polar surface area (TPSA) is 233 Å². The van der Waals surface area contributed by atoms with Gasteiger partial charge in [0.25, 0.3) is 6.47 Å². The third-order valence-electron chi connectivity index (χ3n) is 14.3. The van der Waals surface area contributed by atoms with Gasteiger partial charge < -0.3 is 4.74 Å². The minimum Gasteiger partial charge on any atom is -0.462 e. The summed E-state index contributed by atoms with van der Waals surface area (Å²) < 4.78 is 92.5. The van der Waals surface area contributed by atoms with E-state index in [2.05, 4.69) is 87.0 Å². The second-order valence-electron chi connectivity index (χ2n) is 20.9. The zero-order valence-corrected chi connectivity index (χ0v) is 57.6. The smallest absolute Gasteiger partial charge is 0.373 e. The summed E-state index contributed by atoms with van der Waals surface area (Å²) in [6, 6.07) is 69.7. The van der Waals surface area contributed by atoms with E-state index in [0.29, 0.717) is 34.2 Å². The molecule has 482 valence electrons. The number of thioether (sulfide) groups is 2. The van der Waals surface area contributed by atoms with Gasteiger partial charge in [-0.05, 0) is 123 Å². The second-order valence-corrected chi connectivity index (χ2v) is 29.1. The number of rotatable bonds is 29. The van der Waals surface area contributed by atoms with Gasteiger partial charge >= 0.3 is 12.3 Å². The molecule has 6 atom stereocenters. The number of carbonyl (C=O) groups is 1. The first kappa shape index (κ1) is 76.6. The van der Waals surface area contributed by atoms with Gasteiger partial charge in [-0.25, -0.2) is 39.4 Å². The second kappa shape index (κ2) is 41.6. The maximum Gasteiger partial charge on any atom is 0.373 e. The Hall–Kier alpha value is -6.85. The summed E-state index contributed by atoms with van der Waals surface area (Å²) in [6.07, 6.45) is 3.78. The molecule has 0 aliphatic rings. The number of hydrogen-bond acceptors (Lipinski definition) is 14. The van der Waals surface area contributed by atoms with E-state index in [1.165, 1.54) is 22.9 Å². The zero-order valence-electron chi connectivity index (χ0n) is 51.4. The van der Waals surface area contributed by atoms with E-state index >= 15 is 0 Å². The van der Waals surface area contributed by atoms with Crippen molar-refractivity contribution in [3.63, 3.8) is 0 Å². The molecule has 0 fully saturated rings. The van der Waals surface area contributed by atoms with Gasteiger partial charge in [-0.3, -0.25) is 4.79 Å². The third kappa shape index (κ3) is 28.3. The Bertz CT molecular complexity index is 3750. The molecule has 0 aromatic heterocycles. The number of sulfonamides is 3. The van der Waals surface area contributed by atoms with Crippen molar-refractivity contribution >= 4 is 95.0 Å². The number of halogens is 1. The molecular weight excluding hydrogens is 1360 g/mol. The number of benzene rings is 8. The van der Waals surface area contributed by atoms with Crippen LogP contribution in [0.15, 0.2) is 249 Å². The van der Waals surface area contributed by atoms with Crippen LogP contribution in [0.5, 0.6) is 0 Å². The molecule has 3 N–H and O–H groups in total. The van der Waals surface area contributed by atoms with Crippen molar-refractivity contribution in [2.45, 2.75) is 115 Å². The lowest BCUT2D eigenvalue weighted by Gasteiger charge is -2.27. The SMILES string of the molecule is CCC(Cc1ccccc1)C(CI)NS(=O)(=O)c1ccc(C)cc1.CCC(Cc1ccccc1)C(CSc1ccccc1)NS(=O)(=O)c1ccc(C)cc1.Cc1ccc(S(=O)(=O)NC(CSc2ccccc2)C(Cc2ccccc2)OC=O)cc1.O=C=O.O=C=O. The van der Waals surface area contributed by atoms with E-state index < -0.39 is 42.2 Å². The molecule has 0 saturated carbocycles. The number of alkyl halides is 1. The lowest BCUT2D eigenvalue weighted by atomic mass is 9.91. The molecule has 0 bridgehead atoms. The van der Waals surface area contributed by atoms with Gasteiger partial charge in [0, 0.05) is 44.2 Å². The number of nitrogens with one attached hydrogen (secondary N) is 3. The zero-order chi connectivity index (χ0) is 66.5. The van der Waals surface area contributed by atoms with Crippen LogP contribution < -0.4 is 14.2 Å². The number of hydrogen-bond donors (Lipinski definition) is 3. The number of ether oxygens (including phenoxy) is 1. The summed E-state index contributed by atoms with van der Waals surface area (Å²) in [6.45, 7) is 10.4. The van der Waals surface area contributed by atoms with Crippen molar-refractivity contribution in [3.8, 4) is 0 Å². The van der Waals surface area contributed by atoms with Gasteiger partial charge in [0.2, 0.25) is 30.1 Å². The van der Waals surface area contributed by atoms with Crippen LogP contribution in [-0.4, -0.2) is 84.2 Å². The van der Waals surface area contributed by atoms with Crippen LogP contribution in [0.25, 0.3) is 0 Å². The van der Waals surface area contributed by atoms with Crippen molar-refractivity contribution in [1.29, 1.82) is 0 Å². The summed E-state index contributed by atoms with van der Waals surface area (Å²) >= 11 is 5.47. The molecule has 0 heterocycles. The van der Waals surface area contributed by atoms with Crippen molar-refractivity contribution < 1.29 is 54.0 Å². The number of aryl methyl sites for hydroxylation is 3. The molecule has 0 saturated heterocycles. The Morgan fingerprint density at radius 1 is 0.418 bits per heavy atom. The van der Waals surface area contributed by atoms with Crippen LogP contribution in [0, 0.1) is 32.6 Å². The average Bonchev–Trinajstić information content (AvgIpc) is 2.73. The Balaban J connectivity index is 0.000000281. The van der Waals surface area contributed by atoms with Crippen LogP contribution in [0.4, 0.5) is 0 Å². The predicted octanol–water partition coefficient (Wildman–Crippen LogP) is 13.1. The quantitative estimate of drug-likeness (QED) is 0.0171. The minimum atomic E-state index is -3.80. The first-order chi connectivity index (χ1) is 43.7. The molecule has 0 spiro atoms. The largest absolute Gasteiger partial charge is 0.462 e. The average molecular weight is 1440 g/mol. The van der Waals surface area contributed by atoms with E-state index in [1.807, 2.05) is 160 Å². The van der Waals surface area contributed by atoms with Crippen molar-refractivity contribution in [2.24, 2.45) is 11.8 Å². The van der Waals surface area contributed by atoms with Gasteiger partial charge in [0.15, 0.2) is 0 Å². The van der Waals surface area contributed by atoms with Gasteiger partial charge in [-0.15, -0.1) is 23.5 Å². The summed E-state index contributed by atoms with van der Waals surface area (Å²) in [5, 5.41) is 0. The number of carbonyl (C=O) groups excluding carboxylic acids is 5. The maximum absolute atomic E-state index is 13.1. The highest BCUT2D eigenvalue weighted by Crippen LogP contribution is 2.27. The molecule has 8 aromatic carbocycles. The van der Waals surface area contributed by atoms with E-state index in [0.717, 1.165) is 62.2 Å². The summed E-state index contributed by atoms with van der Waals surface area (Å²) in [4.78, 5) is 46.7. The lowest BCUT2D eigenvalue weighted by molar-refractivity contribution is -0.193. The van der Waals surface area contributed by atoms with E-state index in [-0.39, 0.29) is 41.1 Å². The Kier molecular flexibility index (Phi) is 35.0. The first-order valence-electron chi connectivity index (χ1n) is 29.1. The summed E-state index contributed by atoms with van der Waals surface area (Å²) in [5.41, 5.74) is 6.50. The molecule has 0 amide bonds. The fourth-order valence-corrected chi connectivity index (χ4v) is 16.7. The molecule has 0 aliphatic carbocycles. The molecule has 6 unspecified atom stereocenters. The fourth-order valence-electron chi connectivity index (χ4n) is 9.28. The van der Waals surface area contributed by atoms with E-state index in [9.17, 15) is 30.0 Å². The van der Waals surface area contributed by atoms with Gasteiger partial charge in [-0.2, -0.15) is 19.2 Å². The van der Waals surface area contributed by atoms with E-state index in [4.69, 9.17) is 23.9 Å². The molecule has 21 heteroatoms. The highest BCUT2D eigenvalue weighted by Gasteiger charge is 2.31. The van der Waals surface area contributed by atoms with E-state index in [1.54, 1.807) is 60.3 Å². The van der Waals surface area contributed by atoms with Crippen molar-refractivity contribution in [1.82, 2.24) is 14.2 Å². The molecule has 8 aromatic rings. The highest BCUT2D eigenvalue weighted by molar-refractivity contribution is 14.1. The monoisotopic (exact) mass is 1440 g/mol. The van der Waals surface area contributed by atoms with Crippen molar-refractivity contribution in [3.05, 3.63) is 258 Å². The Labute approximate surface area is 559 Å². The van der Waals surface area contributed by atoms with Crippen LogP contribution in [-0.2, 0) is 78.0 Å². The third-order valence-corrected chi connectivity index (χ3v) is 22.0. The van der Waals surface area contributed by atoms with Crippen LogP contribution in [0.1, 0.15) is 60.1 Å². The Morgan fingerprint density at radius 3 is 1.00 bits per heavy atom. The standard InChI is InChI=1S/C25H29NO2S2.C24H25NO4S2.C19H24INO2S.2CO2/c1-3-22(18-21-10-6-4-7-11-21)25(19-29-23-12-8-5-9-13-23)26-30(27,28)24-16-14-20(2)15-17-24;1-19-12-14-22(15-13-19)31(27,28)25-23(17-30-21-10-6-3-7-11-21)24(29-18-26)16-20-8-4-2-5-9-20;1-3-17(13-16-7-5-4-6-8-16)19(14-20)21-24(22,23)18-11-9-15(2)10-12-18;2*2-1-3/h4-17,22,25-26H,3,18-19H2,1-2H3;2-15,18,23-25H,16-17H2,1H3;4-12,17,19,21H,3,13-14H2,1-2H3;;. The summed E-state index contributed by atoms with van der Waals surface area (Å²) in [5.74, 6) is 1.55. The lowest BCUT2D eigenvalue weighted by Crippen LogP contribution is -2.47. The predicted molar refractivity (Wildman–Crippen MR) is 368 cm³/mol. The fraction of sp³-hybridized carbons (Fsp3) is 0.271. The summed E-state index contributed by atoms with van der Waals surface area (Å²) in [7, 11) is -10.9. The van der Waals surface area contributed by atoms with Crippen molar-refractivity contribution in [2.75, 3.05) is 15.9 Å². The normalized spacial score (nSPS) is 13.0. The highest BCUT2D eigenvalue weighted by atomic mass is 127. The maximum atomic E-state index is 13.1. The minimum absolute atomic E-state index is 0.0814. The molecule has 91 heavy (non-hydrogen) atoms. The molecular formula is C70H78IN3O12S5. The molecule has 0 radical (unpaired) electrons. The molecule has 8 rings (SSSR count). The first-order valence-corrected chi connectivity index (χ1v) is 37.1. The van der Waals surface area contributed by atoms with Crippen LogP contribution in [0.3, 0.4) is 0 Å². The Morgan fingerprint density at radius 2 is 0.692 bits per heavy atom. The molecule has 15 nitrogen and oxygen atoms in total. The molecule has 0 aliphatic heterocycles. The van der Waals surface area contributed by atoms with Gasteiger partial charge in [0.1, 0.15) is 6.10 Å². The van der Waals surface area contributed by atoms with Crippen LogP contribution in [0.2, 0.25) is 0 Å².